The summed E-state index contributed by atoms with van der Waals surface area (Å²) in [5.74, 6) is 0.669. The van der Waals surface area contributed by atoms with Gasteiger partial charge in [0.25, 0.3) is 5.56 Å². The third kappa shape index (κ3) is 2.02. The monoisotopic (exact) mass is 276 g/mol. The van der Waals surface area contributed by atoms with E-state index in [9.17, 15) is 4.79 Å². The zero-order chi connectivity index (χ0) is 13.6. The molecule has 0 bridgehead atoms. The molecule has 3 nitrogen and oxygen atoms in total. The van der Waals surface area contributed by atoms with Crippen LogP contribution in [0.15, 0.2) is 11.1 Å². The van der Waals surface area contributed by atoms with Crippen molar-refractivity contribution >= 4 is 21.6 Å². The van der Waals surface area contributed by atoms with E-state index in [1.807, 2.05) is 0 Å². The first-order valence-electron chi connectivity index (χ1n) is 7.01. The molecule has 0 radical (unpaired) electrons. The molecular weight excluding hydrogens is 256 g/mol. The third-order valence-electron chi connectivity index (χ3n) is 4.86. The zero-order valence-electron chi connectivity index (χ0n) is 11.7. The van der Waals surface area contributed by atoms with Crippen LogP contribution in [0.25, 0.3) is 10.2 Å². The molecule has 2 aromatic heterocycles. The quantitative estimate of drug-likeness (QED) is 0.912. The van der Waals surface area contributed by atoms with Gasteiger partial charge in [-0.2, -0.15) is 0 Å². The number of hydrogen-bond acceptors (Lipinski definition) is 3. The normalized spacial score (nSPS) is 19.6. The summed E-state index contributed by atoms with van der Waals surface area (Å²) < 4.78 is 0. The fourth-order valence-corrected chi connectivity index (χ4v) is 4.26. The molecule has 1 aliphatic carbocycles. The minimum atomic E-state index is 0.0254. The molecule has 102 valence electrons. The third-order valence-corrected chi connectivity index (χ3v) is 6.06. The number of aryl methyl sites for hydroxylation is 1. The molecule has 0 fully saturated rings. The molecule has 0 spiro atoms. The Morgan fingerprint density at radius 3 is 3.05 bits per heavy atom. The second kappa shape index (κ2) is 4.44. The lowest BCUT2D eigenvalue weighted by atomic mass is 9.69. The summed E-state index contributed by atoms with van der Waals surface area (Å²) in [6.45, 7) is 6.95. The van der Waals surface area contributed by atoms with Gasteiger partial charge in [0.1, 0.15) is 4.83 Å². The molecule has 19 heavy (non-hydrogen) atoms. The van der Waals surface area contributed by atoms with Crippen LogP contribution in [0.4, 0.5) is 0 Å². The largest absolute Gasteiger partial charge is 0.313 e. The molecule has 1 atom stereocenters. The highest BCUT2D eigenvalue weighted by molar-refractivity contribution is 7.18. The van der Waals surface area contributed by atoms with Gasteiger partial charge in [0, 0.05) is 4.88 Å². The molecule has 0 amide bonds. The topological polar surface area (TPSA) is 45.8 Å². The molecule has 0 aromatic carbocycles. The molecule has 1 unspecified atom stereocenters. The summed E-state index contributed by atoms with van der Waals surface area (Å²) in [5, 5.41) is 0.846. The summed E-state index contributed by atoms with van der Waals surface area (Å²) in [5.41, 5.74) is 1.64. The first-order chi connectivity index (χ1) is 9.03. The van der Waals surface area contributed by atoms with Gasteiger partial charge >= 0.3 is 0 Å². The maximum Gasteiger partial charge on any atom is 0.259 e. The van der Waals surface area contributed by atoms with E-state index in [1.165, 1.54) is 29.6 Å². The maximum atomic E-state index is 12.0. The van der Waals surface area contributed by atoms with Crippen LogP contribution in [0.3, 0.4) is 0 Å². The highest BCUT2D eigenvalue weighted by Crippen LogP contribution is 2.43. The van der Waals surface area contributed by atoms with E-state index in [4.69, 9.17) is 0 Å². The summed E-state index contributed by atoms with van der Waals surface area (Å²) in [7, 11) is 0. The van der Waals surface area contributed by atoms with Crippen LogP contribution < -0.4 is 5.56 Å². The van der Waals surface area contributed by atoms with Gasteiger partial charge in [-0.1, -0.05) is 27.2 Å². The Labute approximate surface area is 117 Å². The summed E-state index contributed by atoms with van der Waals surface area (Å²) in [6.07, 6.45) is 6.07. The molecule has 4 heteroatoms. The van der Waals surface area contributed by atoms with Crippen LogP contribution in [-0.2, 0) is 12.8 Å². The van der Waals surface area contributed by atoms with E-state index >= 15 is 0 Å². The Bertz CT molecular complexity index is 668. The molecule has 0 saturated carbocycles. The van der Waals surface area contributed by atoms with Crippen LogP contribution in [0, 0.1) is 11.3 Å². The lowest BCUT2D eigenvalue weighted by Crippen LogP contribution is -2.28. The Kier molecular flexibility index (Phi) is 3.01. The smallest absolute Gasteiger partial charge is 0.259 e. The average Bonchev–Trinajstić information content (AvgIpc) is 2.77. The molecule has 0 aliphatic heterocycles. The summed E-state index contributed by atoms with van der Waals surface area (Å²) >= 11 is 1.70. The second-order valence-electron chi connectivity index (χ2n) is 6.20. The van der Waals surface area contributed by atoms with Crippen molar-refractivity contribution in [3.05, 3.63) is 27.1 Å². The molecule has 0 saturated heterocycles. The number of fused-ring (bicyclic) bond motifs is 3. The number of aromatic nitrogens is 2. The molecule has 3 rings (SSSR count). The highest BCUT2D eigenvalue weighted by atomic mass is 32.1. The van der Waals surface area contributed by atoms with Crippen molar-refractivity contribution < 1.29 is 0 Å². The van der Waals surface area contributed by atoms with E-state index in [0.29, 0.717) is 11.3 Å². The van der Waals surface area contributed by atoms with E-state index in [2.05, 4.69) is 30.7 Å². The number of nitrogens with one attached hydrogen (secondary N) is 1. The SMILES string of the molecule is CCC(C)(C)C1CCc2sc3nc[nH]c(=O)c3c2C1. The Morgan fingerprint density at radius 1 is 1.53 bits per heavy atom. The maximum absolute atomic E-state index is 12.0. The zero-order valence-corrected chi connectivity index (χ0v) is 12.6. The van der Waals surface area contributed by atoms with Crippen LogP contribution in [-0.4, -0.2) is 9.97 Å². The Morgan fingerprint density at radius 2 is 2.32 bits per heavy atom. The van der Waals surface area contributed by atoms with Crippen molar-refractivity contribution in [2.24, 2.45) is 11.3 Å². The van der Waals surface area contributed by atoms with Crippen LogP contribution in [0.2, 0.25) is 0 Å². The van der Waals surface area contributed by atoms with Crippen molar-refractivity contribution in [3.63, 3.8) is 0 Å². The van der Waals surface area contributed by atoms with Crippen molar-refractivity contribution in [2.75, 3.05) is 0 Å². The van der Waals surface area contributed by atoms with Gasteiger partial charge in [-0.15, -0.1) is 11.3 Å². The minimum Gasteiger partial charge on any atom is -0.313 e. The molecule has 1 aliphatic rings. The molecule has 2 heterocycles. The highest BCUT2D eigenvalue weighted by Gasteiger charge is 2.33. The standard InChI is InChI=1S/C15H20N2OS/c1-4-15(2,3)9-5-6-11-10(7-9)12-13(18)16-8-17-14(12)19-11/h8-9H,4-7H2,1-3H3,(H,16,17,18). The number of rotatable bonds is 2. The lowest BCUT2D eigenvalue weighted by molar-refractivity contribution is 0.184. The van der Waals surface area contributed by atoms with Crippen LogP contribution in [0.1, 0.15) is 44.1 Å². The van der Waals surface area contributed by atoms with E-state index in [0.717, 1.165) is 23.1 Å². The average molecular weight is 276 g/mol. The predicted molar refractivity (Wildman–Crippen MR) is 79.8 cm³/mol. The van der Waals surface area contributed by atoms with Crippen molar-refractivity contribution in [2.45, 2.75) is 46.5 Å². The Balaban J connectivity index is 2.09. The lowest BCUT2D eigenvalue weighted by Gasteiger charge is -2.36. The van der Waals surface area contributed by atoms with E-state index in [1.54, 1.807) is 11.3 Å². The number of H-pyrrole nitrogens is 1. The number of hydrogen-bond donors (Lipinski definition) is 1. The number of thiophene rings is 1. The molecular formula is C15H20N2OS. The van der Waals surface area contributed by atoms with Crippen LogP contribution in [0.5, 0.6) is 0 Å². The van der Waals surface area contributed by atoms with Gasteiger partial charge in [0.15, 0.2) is 0 Å². The van der Waals surface area contributed by atoms with Gasteiger partial charge in [0.05, 0.1) is 11.7 Å². The predicted octanol–water partition coefficient (Wildman–Crippen LogP) is 3.53. The van der Waals surface area contributed by atoms with Gasteiger partial charge in [-0.25, -0.2) is 4.98 Å². The minimum absolute atomic E-state index is 0.0254. The second-order valence-corrected chi connectivity index (χ2v) is 7.28. The van der Waals surface area contributed by atoms with Crippen LogP contribution >= 0.6 is 11.3 Å². The van der Waals surface area contributed by atoms with Crippen molar-refractivity contribution in [1.29, 1.82) is 0 Å². The van der Waals surface area contributed by atoms with Gasteiger partial charge in [-0.05, 0) is 36.2 Å². The first kappa shape index (κ1) is 12.9. The fourth-order valence-electron chi connectivity index (χ4n) is 3.07. The van der Waals surface area contributed by atoms with Gasteiger partial charge < -0.3 is 4.98 Å². The van der Waals surface area contributed by atoms with Crippen molar-refractivity contribution in [1.82, 2.24) is 9.97 Å². The molecule has 2 aromatic rings. The number of nitrogens with zero attached hydrogens (tertiary/aromatic N) is 1. The Hall–Kier alpha value is -1.16. The van der Waals surface area contributed by atoms with E-state index < -0.39 is 0 Å². The van der Waals surface area contributed by atoms with Crippen molar-refractivity contribution in [3.8, 4) is 0 Å². The first-order valence-corrected chi connectivity index (χ1v) is 7.82. The fraction of sp³-hybridized carbons (Fsp3) is 0.600. The summed E-state index contributed by atoms with van der Waals surface area (Å²) in [4.78, 5) is 21.4. The van der Waals surface area contributed by atoms with Gasteiger partial charge in [0.2, 0.25) is 0 Å². The summed E-state index contributed by atoms with van der Waals surface area (Å²) in [6, 6.07) is 0. The van der Waals surface area contributed by atoms with E-state index in [-0.39, 0.29) is 5.56 Å². The molecule has 1 N–H and O–H groups in total. The number of aromatic amines is 1. The van der Waals surface area contributed by atoms with Gasteiger partial charge in [-0.3, -0.25) is 4.79 Å².